The Morgan fingerprint density at radius 3 is 2.71 bits per heavy atom. The fourth-order valence-corrected chi connectivity index (χ4v) is 2.57. The van der Waals surface area contributed by atoms with E-state index in [-0.39, 0.29) is 5.84 Å². The van der Waals surface area contributed by atoms with Crippen LogP contribution < -0.4 is 5.73 Å². The molecule has 0 atom stereocenters. The van der Waals surface area contributed by atoms with E-state index in [2.05, 4.69) is 15.4 Å². The van der Waals surface area contributed by atoms with Gasteiger partial charge in [0.15, 0.2) is 5.84 Å². The zero-order chi connectivity index (χ0) is 12.4. The van der Waals surface area contributed by atoms with Gasteiger partial charge < -0.3 is 15.7 Å². The standard InChI is InChI=1S/C10H14N4O2S/c1-5-6(2)12-13-10(8(5)9(11)14-15)17-7-3-16-4-7/h7,15H,3-4H2,1-2H3,(H2,11,14). The molecule has 0 aromatic carbocycles. The Balaban J connectivity index is 2.39. The number of aromatic nitrogens is 2. The lowest BCUT2D eigenvalue weighted by Crippen LogP contribution is -2.31. The Morgan fingerprint density at radius 2 is 2.18 bits per heavy atom. The van der Waals surface area contributed by atoms with Crippen molar-refractivity contribution in [1.82, 2.24) is 10.2 Å². The van der Waals surface area contributed by atoms with Crippen molar-refractivity contribution in [2.75, 3.05) is 13.2 Å². The molecule has 6 nitrogen and oxygen atoms in total. The molecule has 0 bridgehead atoms. The molecule has 3 N–H and O–H groups in total. The molecule has 0 spiro atoms. The number of amidine groups is 1. The van der Waals surface area contributed by atoms with Crippen LogP contribution in [0.15, 0.2) is 10.2 Å². The smallest absolute Gasteiger partial charge is 0.173 e. The molecule has 2 rings (SSSR count). The van der Waals surface area contributed by atoms with Crippen LogP contribution in [-0.2, 0) is 4.74 Å². The molecule has 0 saturated carbocycles. The summed E-state index contributed by atoms with van der Waals surface area (Å²) in [5.41, 5.74) is 8.02. The van der Waals surface area contributed by atoms with E-state index in [1.165, 1.54) is 0 Å². The molecule has 2 heterocycles. The Labute approximate surface area is 103 Å². The van der Waals surface area contributed by atoms with E-state index >= 15 is 0 Å². The summed E-state index contributed by atoms with van der Waals surface area (Å²) < 4.78 is 5.11. The minimum Gasteiger partial charge on any atom is -0.409 e. The van der Waals surface area contributed by atoms with Gasteiger partial charge in [0.05, 0.1) is 29.7 Å². The molecule has 92 valence electrons. The van der Waals surface area contributed by atoms with E-state index in [9.17, 15) is 0 Å². The van der Waals surface area contributed by atoms with Crippen molar-refractivity contribution in [3.8, 4) is 0 Å². The number of thioether (sulfide) groups is 1. The van der Waals surface area contributed by atoms with Crippen molar-refractivity contribution in [1.29, 1.82) is 0 Å². The van der Waals surface area contributed by atoms with Crippen LogP contribution in [0.3, 0.4) is 0 Å². The molecular weight excluding hydrogens is 240 g/mol. The summed E-state index contributed by atoms with van der Waals surface area (Å²) in [5.74, 6) is 0.0724. The molecule has 0 aliphatic carbocycles. The molecule has 0 unspecified atom stereocenters. The molecule has 1 fully saturated rings. The predicted molar refractivity (Wildman–Crippen MR) is 64.5 cm³/mol. The first-order chi connectivity index (χ1) is 8.13. The summed E-state index contributed by atoms with van der Waals surface area (Å²) in [5, 5.41) is 21.1. The quantitative estimate of drug-likeness (QED) is 0.356. The molecule has 0 amide bonds. The summed E-state index contributed by atoms with van der Waals surface area (Å²) in [6, 6.07) is 0. The van der Waals surface area contributed by atoms with Gasteiger partial charge >= 0.3 is 0 Å². The van der Waals surface area contributed by atoms with Gasteiger partial charge in [0.1, 0.15) is 5.03 Å². The van der Waals surface area contributed by atoms with Crippen LogP contribution in [0.25, 0.3) is 0 Å². The molecule has 1 saturated heterocycles. The molecule has 17 heavy (non-hydrogen) atoms. The average Bonchev–Trinajstić information content (AvgIpc) is 2.27. The van der Waals surface area contributed by atoms with E-state index in [4.69, 9.17) is 15.7 Å². The van der Waals surface area contributed by atoms with Crippen LogP contribution in [-0.4, -0.2) is 39.7 Å². The molecule has 1 aliphatic rings. The first kappa shape index (κ1) is 12.1. The maximum absolute atomic E-state index is 8.81. The van der Waals surface area contributed by atoms with Gasteiger partial charge in [-0.3, -0.25) is 0 Å². The average molecular weight is 254 g/mol. The van der Waals surface area contributed by atoms with Gasteiger partial charge in [0.2, 0.25) is 0 Å². The van der Waals surface area contributed by atoms with Gasteiger partial charge in [0.25, 0.3) is 0 Å². The van der Waals surface area contributed by atoms with Crippen LogP contribution >= 0.6 is 11.8 Å². The number of hydrogen-bond acceptors (Lipinski definition) is 6. The third-order valence-electron chi connectivity index (χ3n) is 2.67. The van der Waals surface area contributed by atoms with Crippen LogP contribution in [0.2, 0.25) is 0 Å². The molecule has 1 aliphatic heterocycles. The molecule has 1 aromatic heterocycles. The van der Waals surface area contributed by atoms with Gasteiger partial charge in [-0.15, -0.1) is 5.10 Å². The highest BCUT2D eigenvalue weighted by Gasteiger charge is 2.24. The minimum atomic E-state index is 0.0724. The minimum absolute atomic E-state index is 0.0724. The number of nitrogens with zero attached hydrogens (tertiary/aromatic N) is 3. The number of oxime groups is 1. The maximum Gasteiger partial charge on any atom is 0.173 e. The monoisotopic (exact) mass is 254 g/mol. The second-order valence-electron chi connectivity index (χ2n) is 3.85. The van der Waals surface area contributed by atoms with Crippen LogP contribution in [0.1, 0.15) is 16.8 Å². The van der Waals surface area contributed by atoms with Crippen LogP contribution in [0, 0.1) is 13.8 Å². The number of hydrogen-bond donors (Lipinski definition) is 2. The summed E-state index contributed by atoms with van der Waals surface area (Å²) in [6.07, 6.45) is 0. The normalized spacial score (nSPS) is 16.9. The third kappa shape index (κ3) is 2.34. The lowest BCUT2D eigenvalue weighted by molar-refractivity contribution is 0.0454. The highest BCUT2D eigenvalue weighted by molar-refractivity contribution is 8.00. The largest absolute Gasteiger partial charge is 0.409 e. The maximum atomic E-state index is 8.81. The van der Waals surface area contributed by atoms with Gasteiger partial charge in [-0.25, -0.2) is 0 Å². The third-order valence-corrected chi connectivity index (χ3v) is 3.79. The number of aryl methyl sites for hydroxylation is 1. The van der Waals surface area contributed by atoms with Crippen molar-refractivity contribution in [2.24, 2.45) is 10.9 Å². The first-order valence-corrected chi connectivity index (χ1v) is 6.07. The highest BCUT2D eigenvalue weighted by atomic mass is 32.2. The van der Waals surface area contributed by atoms with Crippen molar-refractivity contribution in [3.63, 3.8) is 0 Å². The topological polar surface area (TPSA) is 93.6 Å². The van der Waals surface area contributed by atoms with E-state index in [1.807, 2.05) is 13.8 Å². The van der Waals surface area contributed by atoms with Crippen molar-refractivity contribution >= 4 is 17.6 Å². The number of ether oxygens (including phenoxy) is 1. The lowest BCUT2D eigenvalue weighted by atomic mass is 10.1. The van der Waals surface area contributed by atoms with Crippen molar-refractivity contribution in [2.45, 2.75) is 24.1 Å². The Hall–Kier alpha value is -1.34. The zero-order valence-corrected chi connectivity index (χ0v) is 10.5. The Morgan fingerprint density at radius 1 is 1.47 bits per heavy atom. The molecule has 0 radical (unpaired) electrons. The van der Waals surface area contributed by atoms with Gasteiger partial charge in [-0.1, -0.05) is 16.9 Å². The van der Waals surface area contributed by atoms with E-state index in [1.54, 1.807) is 11.8 Å². The Kier molecular flexibility index (Phi) is 3.49. The molecule has 7 heteroatoms. The van der Waals surface area contributed by atoms with E-state index in [0.29, 0.717) is 29.1 Å². The summed E-state index contributed by atoms with van der Waals surface area (Å²) in [6.45, 7) is 5.14. The van der Waals surface area contributed by atoms with Crippen LogP contribution in [0.4, 0.5) is 0 Å². The van der Waals surface area contributed by atoms with Gasteiger partial charge in [-0.05, 0) is 19.4 Å². The summed E-state index contributed by atoms with van der Waals surface area (Å²) >= 11 is 1.55. The molecule has 1 aromatic rings. The van der Waals surface area contributed by atoms with Crippen molar-refractivity contribution < 1.29 is 9.94 Å². The van der Waals surface area contributed by atoms with Crippen LogP contribution in [0.5, 0.6) is 0 Å². The van der Waals surface area contributed by atoms with Gasteiger partial charge in [-0.2, -0.15) is 5.10 Å². The van der Waals surface area contributed by atoms with Gasteiger partial charge in [0, 0.05) is 0 Å². The van der Waals surface area contributed by atoms with E-state index in [0.717, 1.165) is 11.3 Å². The zero-order valence-electron chi connectivity index (χ0n) is 9.67. The summed E-state index contributed by atoms with van der Waals surface area (Å²) in [7, 11) is 0. The second kappa shape index (κ2) is 4.89. The molecular formula is C10H14N4O2S. The van der Waals surface area contributed by atoms with Crippen molar-refractivity contribution in [3.05, 3.63) is 16.8 Å². The second-order valence-corrected chi connectivity index (χ2v) is 5.14. The summed E-state index contributed by atoms with van der Waals surface area (Å²) in [4.78, 5) is 0. The Bertz CT molecular complexity index is 460. The lowest BCUT2D eigenvalue weighted by Gasteiger charge is -2.25. The fourth-order valence-electron chi connectivity index (χ4n) is 1.46. The number of nitrogens with two attached hydrogens (primary N) is 1. The SMILES string of the molecule is Cc1nnc(SC2COC2)c(C(N)=NO)c1C. The fraction of sp³-hybridized carbons (Fsp3) is 0.500. The highest BCUT2D eigenvalue weighted by Crippen LogP contribution is 2.30. The van der Waals surface area contributed by atoms with E-state index < -0.39 is 0 Å². The number of rotatable bonds is 3. The predicted octanol–water partition coefficient (Wildman–Crippen LogP) is 0.679. The first-order valence-electron chi connectivity index (χ1n) is 5.19.